The number of benzene rings is 2. The van der Waals surface area contributed by atoms with Gasteiger partial charge in [0, 0.05) is 11.3 Å². The van der Waals surface area contributed by atoms with E-state index in [1.165, 1.54) is 31.4 Å². The summed E-state index contributed by atoms with van der Waals surface area (Å²) in [5, 5.41) is 2.19. The van der Waals surface area contributed by atoms with Crippen LogP contribution in [-0.4, -0.2) is 13.0 Å². The molecule has 0 spiro atoms. The molecule has 0 radical (unpaired) electrons. The molecular formula is C15H13F2NO2. The highest BCUT2D eigenvalue weighted by atomic mass is 19.3. The van der Waals surface area contributed by atoms with Crippen molar-refractivity contribution in [2.24, 2.45) is 0 Å². The molecule has 2 aromatic rings. The number of carbonyl (C=O) groups excluding carboxylic acids is 1. The third-order valence-electron chi connectivity index (χ3n) is 2.77. The number of amides is 1. The number of para-hydroxylation sites is 1. The fraction of sp³-hybridized carbons (Fsp3) is 0.133. The van der Waals surface area contributed by atoms with E-state index in [1.807, 2.05) is 0 Å². The Kier molecular flexibility index (Phi) is 3.98. The molecule has 0 atom stereocenters. The normalized spacial score (nSPS) is 10.9. The SMILES string of the molecule is COc1ccc(C(F)(F)C(=O)Nc2ccccc2)cc1. The van der Waals surface area contributed by atoms with Crippen LogP contribution < -0.4 is 10.1 Å². The van der Waals surface area contributed by atoms with Crippen LogP contribution in [0.1, 0.15) is 5.56 Å². The van der Waals surface area contributed by atoms with Gasteiger partial charge in [0.05, 0.1) is 7.11 Å². The topological polar surface area (TPSA) is 38.3 Å². The predicted molar refractivity (Wildman–Crippen MR) is 72.0 cm³/mol. The second-order valence-electron chi connectivity index (χ2n) is 4.12. The maximum Gasteiger partial charge on any atom is 0.350 e. The van der Waals surface area contributed by atoms with Gasteiger partial charge in [-0.15, -0.1) is 0 Å². The fourth-order valence-electron chi connectivity index (χ4n) is 1.66. The molecule has 0 aliphatic heterocycles. The molecule has 104 valence electrons. The molecule has 1 N–H and O–H groups in total. The number of alkyl halides is 2. The van der Waals surface area contributed by atoms with Crippen LogP contribution in [0.2, 0.25) is 0 Å². The number of anilines is 1. The molecule has 0 saturated heterocycles. The van der Waals surface area contributed by atoms with E-state index in [1.54, 1.807) is 30.3 Å². The van der Waals surface area contributed by atoms with E-state index in [0.29, 0.717) is 11.4 Å². The summed E-state index contributed by atoms with van der Waals surface area (Å²) in [6.45, 7) is 0. The third kappa shape index (κ3) is 2.93. The highest BCUT2D eigenvalue weighted by molar-refractivity contribution is 5.96. The molecule has 0 saturated carbocycles. The average molecular weight is 277 g/mol. The Morgan fingerprint density at radius 2 is 1.65 bits per heavy atom. The van der Waals surface area contributed by atoms with Gasteiger partial charge >= 0.3 is 5.92 Å². The lowest BCUT2D eigenvalue weighted by molar-refractivity contribution is -0.140. The second-order valence-corrected chi connectivity index (χ2v) is 4.12. The van der Waals surface area contributed by atoms with Gasteiger partial charge in [-0.05, 0) is 36.4 Å². The van der Waals surface area contributed by atoms with Gasteiger partial charge in [-0.1, -0.05) is 18.2 Å². The molecule has 0 heterocycles. The molecule has 5 heteroatoms. The Balaban J connectivity index is 2.18. The molecule has 1 amide bonds. The van der Waals surface area contributed by atoms with Crippen molar-refractivity contribution in [2.75, 3.05) is 12.4 Å². The maximum absolute atomic E-state index is 14.0. The lowest BCUT2D eigenvalue weighted by Crippen LogP contribution is -2.32. The molecule has 0 fully saturated rings. The van der Waals surface area contributed by atoms with E-state index in [2.05, 4.69) is 5.32 Å². The molecule has 0 aromatic heterocycles. The number of nitrogens with one attached hydrogen (secondary N) is 1. The first-order chi connectivity index (χ1) is 9.54. The van der Waals surface area contributed by atoms with Crippen molar-refractivity contribution in [3.05, 3.63) is 60.2 Å². The van der Waals surface area contributed by atoms with Crippen LogP contribution in [0.15, 0.2) is 54.6 Å². The zero-order valence-corrected chi connectivity index (χ0v) is 10.8. The molecule has 3 nitrogen and oxygen atoms in total. The fourth-order valence-corrected chi connectivity index (χ4v) is 1.66. The van der Waals surface area contributed by atoms with E-state index in [9.17, 15) is 13.6 Å². The first-order valence-electron chi connectivity index (χ1n) is 5.93. The zero-order chi connectivity index (χ0) is 14.6. The van der Waals surface area contributed by atoms with Crippen LogP contribution in [0.25, 0.3) is 0 Å². The van der Waals surface area contributed by atoms with E-state index in [4.69, 9.17) is 4.74 Å². The summed E-state index contributed by atoms with van der Waals surface area (Å²) >= 11 is 0. The molecule has 0 aliphatic rings. The van der Waals surface area contributed by atoms with Crippen molar-refractivity contribution in [3.8, 4) is 5.75 Å². The monoisotopic (exact) mass is 277 g/mol. The molecule has 20 heavy (non-hydrogen) atoms. The molecule has 0 unspecified atom stereocenters. The number of hydrogen-bond acceptors (Lipinski definition) is 2. The standard InChI is InChI=1S/C15H13F2NO2/c1-20-13-9-7-11(8-10-13)15(16,17)14(19)18-12-5-3-2-4-6-12/h2-10H,1H3,(H,18,19). The van der Waals surface area contributed by atoms with Crippen LogP contribution >= 0.6 is 0 Å². The van der Waals surface area contributed by atoms with Gasteiger partial charge < -0.3 is 10.1 Å². The van der Waals surface area contributed by atoms with E-state index in [0.717, 1.165) is 0 Å². The van der Waals surface area contributed by atoms with E-state index >= 15 is 0 Å². The lowest BCUT2D eigenvalue weighted by atomic mass is 10.1. The number of rotatable bonds is 4. The van der Waals surface area contributed by atoms with Crippen molar-refractivity contribution in [2.45, 2.75) is 5.92 Å². The first-order valence-corrected chi connectivity index (χ1v) is 5.93. The Morgan fingerprint density at radius 3 is 2.20 bits per heavy atom. The largest absolute Gasteiger partial charge is 0.497 e. The average Bonchev–Trinajstić information content (AvgIpc) is 2.48. The Labute approximate surface area is 115 Å². The zero-order valence-electron chi connectivity index (χ0n) is 10.8. The highest BCUT2D eigenvalue weighted by Gasteiger charge is 2.40. The summed E-state index contributed by atoms with van der Waals surface area (Å²) in [4.78, 5) is 11.7. The minimum absolute atomic E-state index is 0.325. The lowest BCUT2D eigenvalue weighted by Gasteiger charge is -2.16. The van der Waals surface area contributed by atoms with E-state index < -0.39 is 11.8 Å². The van der Waals surface area contributed by atoms with Crippen LogP contribution in [0.5, 0.6) is 5.75 Å². The molecular weight excluding hydrogens is 264 g/mol. The van der Waals surface area contributed by atoms with Crippen molar-refractivity contribution < 1.29 is 18.3 Å². The quantitative estimate of drug-likeness (QED) is 0.929. The number of carbonyl (C=O) groups is 1. The van der Waals surface area contributed by atoms with Crippen LogP contribution in [0, 0.1) is 0 Å². The molecule has 2 rings (SSSR count). The minimum Gasteiger partial charge on any atom is -0.497 e. The smallest absolute Gasteiger partial charge is 0.350 e. The van der Waals surface area contributed by atoms with Gasteiger partial charge in [0.15, 0.2) is 0 Å². The molecule has 2 aromatic carbocycles. The summed E-state index contributed by atoms with van der Waals surface area (Å²) < 4.78 is 32.9. The number of methoxy groups -OCH3 is 1. The van der Waals surface area contributed by atoms with Gasteiger partial charge in [-0.2, -0.15) is 8.78 Å². The summed E-state index contributed by atoms with van der Waals surface area (Å²) in [5.74, 6) is -4.52. The van der Waals surface area contributed by atoms with Gasteiger partial charge in [0.2, 0.25) is 0 Å². The maximum atomic E-state index is 14.0. The Bertz CT molecular complexity index is 583. The van der Waals surface area contributed by atoms with Crippen molar-refractivity contribution in [3.63, 3.8) is 0 Å². The number of halogens is 2. The van der Waals surface area contributed by atoms with Crippen LogP contribution in [-0.2, 0) is 10.7 Å². The predicted octanol–water partition coefficient (Wildman–Crippen LogP) is 3.43. The molecule has 0 bridgehead atoms. The summed E-state index contributed by atoms with van der Waals surface area (Å²) in [6.07, 6.45) is 0. The highest BCUT2D eigenvalue weighted by Crippen LogP contribution is 2.30. The molecule has 0 aliphatic carbocycles. The van der Waals surface area contributed by atoms with Crippen molar-refractivity contribution >= 4 is 11.6 Å². The summed E-state index contributed by atoms with van der Waals surface area (Å²) in [6, 6.07) is 13.2. The van der Waals surface area contributed by atoms with Gasteiger partial charge in [0.25, 0.3) is 5.91 Å². The van der Waals surface area contributed by atoms with E-state index in [-0.39, 0.29) is 5.56 Å². The summed E-state index contributed by atoms with van der Waals surface area (Å²) in [7, 11) is 1.44. The van der Waals surface area contributed by atoms with Gasteiger partial charge in [-0.3, -0.25) is 4.79 Å². The first kappa shape index (κ1) is 14.0. The van der Waals surface area contributed by atoms with Crippen molar-refractivity contribution in [1.29, 1.82) is 0 Å². The van der Waals surface area contributed by atoms with Crippen LogP contribution in [0.3, 0.4) is 0 Å². The Morgan fingerprint density at radius 1 is 1.05 bits per heavy atom. The minimum atomic E-state index is -3.61. The Hall–Kier alpha value is -2.43. The second kappa shape index (κ2) is 5.69. The summed E-state index contributed by atoms with van der Waals surface area (Å²) in [5.41, 5.74) is -0.0579. The van der Waals surface area contributed by atoms with Crippen LogP contribution in [0.4, 0.5) is 14.5 Å². The number of hydrogen-bond donors (Lipinski definition) is 1. The van der Waals surface area contributed by atoms with Crippen molar-refractivity contribution in [1.82, 2.24) is 0 Å². The third-order valence-corrected chi connectivity index (χ3v) is 2.77. The number of ether oxygens (including phenoxy) is 1. The van der Waals surface area contributed by atoms with Gasteiger partial charge in [-0.25, -0.2) is 0 Å². The van der Waals surface area contributed by atoms with Gasteiger partial charge in [0.1, 0.15) is 5.75 Å².